The van der Waals surface area contributed by atoms with Crippen LogP contribution in [0.2, 0.25) is 10.0 Å². The fourth-order valence-corrected chi connectivity index (χ4v) is 6.83. The van der Waals surface area contributed by atoms with Gasteiger partial charge in [-0.1, -0.05) is 53.5 Å². The van der Waals surface area contributed by atoms with Gasteiger partial charge in [-0.25, -0.2) is 4.79 Å². The zero-order chi connectivity index (χ0) is 27.3. The van der Waals surface area contributed by atoms with Gasteiger partial charge in [-0.05, 0) is 78.6 Å². The molecule has 1 heterocycles. The maximum atomic E-state index is 13.5. The molecule has 1 aliphatic heterocycles. The van der Waals surface area contributed by atoms with Crippen molar-refractivity contribution in [3.05, 3.63) is 94.0 Å². The fraction of sp³-hybridized carbons (Fsp3) is 0.267. The monoisotopic (exact) mass is 562 g/mol. The molecule has 1 N–H and O–H groups in total. The van der Waals surface area contributed by atoms with Crippen molar-refractivity contribution in [3.8, 4) is 0 Å². The molecule has 6 rings (SSSR count). The van der Waals surface area contributed by atoms with E-state index in [0.717, 1.165) is 12.8 Å². The van der Waals surface area contributed by atoms with Gasteiger partial charge < -0.3 is 10.1 Å². The molecule has 3 aliphatic rings. The van der Waals surface area contributed by atoms with Crippen LogP contribution in [-0.2, 0) is 19.1 Å². The number of hydrogen-bond acceptors (Lipinski definition) is 5. The molecule has 0 unspecified atom stereocenters. The molecule has 2 aliphatic carbocycles. The smallest absolute Gasteiger partial charge is 0.338 e. The number of esters is 1. The average molecular weight is 563 g/mol. The number of imide groups is 1. The quantitative estimate of drug-likeness (QED) is 0.306. The van der Waals surface area contributed by atoms with Gasteiger partial charge in [0.2, 0.25) is 11.8 Å². The normalized spacial score (nSPS) is 25.1. The van der Waals surface area contributed by atoms with Crippen LogP contribution in [0.1, 0.15) is 34.7 Å². The Hall–Kier alpha value is -3.68. The van der Waals surface area contributed by atoms with Crippen molar-refractivity contribution in [3.63, 3.8) is 0 Å². The standard InChI is InChI=1S/C30H24Cl2N2O5/c31-23-11-8-19(14-24(23)32)33-25(35)15-39-30(38)17-6-9-20(10-7-17)34-28(36)26-18-12-21(16-4-2-1-3-5-16)22(13-18)27(26)29(34)37/h1-11,14,18,21-22,26-27H,12-13,15H2,(H,33,35)/t18-,21+,22+,26+,27-/m0/s1. The Morgan fingerprint density at radius 1 is 0.872 bits per heavy atom. The van der Waals surface area contributed by atoms with Crippen molar-refractivity contribution in [2.75, 3.05) is 16.8 Å². The number of anilines is 2. The first-order chi connectivity index (χ1) is 18.8. The third kappa shape index (κ3) is 4.60. The Labute approximate surface area is 235 Å². The molecule has 2 bridgehead atoms. The van der Waals surface area contributed by atoms with Gasteiger partial charge in [0.15, 0.2) is 6.61 Å². The number of halogens is 2. The molecule has 3 aromatic rings. The predicted molar refractivity (Wildman–Crippen MR) is 147 cm³/mol. The topological polar surface area (TPSA) is 92.8 Å². The van der Waals surface area contributed by atoms with E-state index in [1.54, 1.807) is 24.3 Å². The van der Waals surface area contributed by atoms with Crippen LogP contribution in [0.25, 0.3) is 0 Å². The van der Waals surface area contributed by atoms with Crippen LogP contribution < -0.4 is 10.2 Å². The Bertz CT molecular complexity index is 1480. The number of ether oxygens (including phenoxy) is 1. The molecule has 2 saturated carbocycles. The molecule has 5 atom stereocenters. The lowest BCUT2D eigenvalue weighted by molar-refractivity contribution is -0.123. The molecule has 3 aromatic carbocycles. The second-order valence-corrected chi connectivity index (χ2v) is 11.1. The van der Waals surface area contributed by atoms with E-state index in [9.17, 15) is 19.2 Å². The molecule has 3 fully saturated rings. The minimum atomic E-state index is -0.703. The summed E-state index contributed by atoms with van der Waals surface area (Å²) in [6.45, 7) is -0.501. The van der Waals surface area contributed by atoms with E-state index in [4.69, 9.17) is 27.9 Å². The molecule has 39 heavy (non-hydrogen) atoms. The molecule has 1 saturated heterocycles. The summed E-state index contributed by atoms with van der Waals surface area (Å²) >= 11 is 11.8. The van der Waals surface area contributed by atoms with Crippen molar-refractivity contribution in [2.45, 2.75) is 18.8 Å². The zero-order valence-electron chi connectivity index (χ0n) is 20.7. The van der Waals surface area contributed by atoms with E-state index < -0.39 is 18.5 Å². The van der Waals surface area contributed by atoms with Crippen LogP contribution in [0.15, 0.2) is 72.8 Å². The summed E-state index contributed by atoms with van der Waals surface area (Å²) in [5.41, 5.74) is 2.28. The van der Waals surface area contributed by atoms with Crippen molar-refractivity contribution < 1.29 is 23.9 Å². The number of rotatable bonds is 6. The number of nitrogens with zero attached hydrogens (tertiary/aromatic N) is 1. The fourth-order valence-electron chi connectivity index (χ4n) is 6.53. The van der Waals surface area contributed by atoms with Gasteiger partial charge in [-0.3, -0.25) is 19.3 Å². The maximum Gasteiger partial charge on any atom is 0.338 e. The first-order valence-electron chi connectivity index (χ1n) is 12.8. The molecular formula is C30H24Cl2N2O5. The highest BCUT2D eigenvalue weighted by molar-refractivity contribution is 6.42. The molecule has 7 nitrogen and oxygen atoms in total. The lowest BCUT2D eigenvalue weighted by atomic mass is 9.73. The van der Waals surface area contributed by atoms with Gasteiger partial charge in [0.25, 0.3) is 5.91 Å². The number of hydrogen-bond donors (Lipinski definition) is 1. The first-order valence-corrected chi connectivity index (χ1v) is 13.5. The third-order valence-corrected chi connectivity index (χ3v) is 8.88. The number of fused-ring (bicyclic) bond motifs is 5. The van der Waals surface area contributed by atoms with E-state index in [0.29, 0.717) is 22.3 Å². The van der Waals surface area contributed by atoms with Crippen LogP contribution in [0.5, 0.6) is 0 Å². The summed E-state index contributed by atoms with van der Waals surface area (Å²) in [5.74, 6) is -1.48. The van der Waals surface area contributed by atoms with E-state index >= 15 is 0 Å². The van der Waals surface area contributed by atoms with Gasteiger partial charge in [0.05, 0.1) is 33.1 Å². The van der Waals surface area contributed by atoms with Crippen molar-refractivity contribution in [1.29, 1.82) is 0 Å². The van der Waals surface area contributed by atoms with E-state index in [2.05, 4.69) is 17.4 Å². The molecular weight excluding hydrogens is 539 g/mol. The predicted octanol–water partition coefficient (Wildman–Crippen LogP) is 5.72. The number of carbonyl (C=O) groups excluding carboxylic acids is 4. The Balaban J connectivity index is 1.09. The van der Waals surface area contributed by atoms with Gasteiger partial charge >= 0.3 is 5.97 Å². The van der Waals surface area contributed by atoms with Crippen LogP contribution in [0, 0.1) is 23.7 Å². The Kier molecular flexibility index (Phi) is 6.65. The Morgan fingerprint density at radius 3 is 2.31 bits per heavy atom. The van der Waals surface area contributed by atoms with Gasteiger partial charge in [0.1, 0.15) is 0 Å². The van der Waals surface area contributed by atoms with E-state index in [-0.39, 0.29) is 46.1 Å². The molecule has 198 valence electrons. The van der Waals surface area contributed by atoms with Gasteiger partial charge in [-0.2, -0.15) is 0 Å². The van der Waals surface area contributed by atoms with Crippen molar-refractivity contribution >= 4 is 58.3 Å². The van der Waals surface area contributed by atoms with Gasteiger partial charge in [0, 0.05) is 5.69 Å². The minimum Gasteiger partial charge on any atom is -0.452 e. The summed E-state index contributed by atoms with van der Waals surface area (Å²) in [4.78, 5) is 52.8. The van der Waals surface area contributed by atoms with Crippen LogP contribution in [0.3, 0.4) is 0 Å². The minimum absolute atomic E-state index is 0.154. The zero-order valence-corrected chi connectivity index (χ0v) is 22.2. The lowest BCUT2D eigenvalue weighted by Gasteiger charge is -2.28. The lowest BCUT2D eigenvalue weighted by Crippen LogP contribution is -2.33. The summed E-state index contributed by atoms with van der Waals surface area (Å²) in [7, 11) is 0. The van der Waals surface area contributed by atoms with Crippen molar-refractivity contribution in [1.82, 2.24) is 0 Å². The second-order valence-electron chi connectivity index (χ2n) is 10.3. The van der Waals surface area contributed by atoms with Gasteiger partial charge in [-0.15, -0.1) is 0 Å². The van der Waals surface area contributed by atoms with Crippen molar-refractivity contribution in [2.24, 2.45) is 23.7 Å². The molecule has 0 radical (unpaired) electrons. The summed E-state index contributed by atoms with van der Waals surface area (Å²) < 4.78 is 5.12. The van der Waals surface area contributed by atoms with Crippen LogP contribution >= 0.6 is 23.2 Å². The summed E-state index contributed by atoms with van der Waals surface area (Å²) in [5, 5.41) is 3.22. The summed E-state index contributed by atoms with van der Waals surface area (Å²) in [6, 6.07) is 21.0. The van der Waals surface area contributed by atoms with Crippen LogP contribution in [0.4, 0.5) is 11.4 Å². The number of carbonyl (C=O) groups is 4. The second kappa shape index (κ2) is 10.1. The maximum absolute atomic E-state index is 13.5. The molecule has 0 aromatic heterocycles. The molecule has 3 amide bonds. The number of benzene rings is 3. The third-order valence-electron chi connectivity index (χ3n) is 8.14. The highest BCUT2D eigenvalue weighted by Crippen LogP contribution is 2.61. The molecule has 9 heteroatoms. The average Bonchev–Trinajstić information content (AvgIpc) is 3.61. The highest BCUT2D eigenvalue weighted by Gasteiger charge is 2.64. The molecule has 0 spiro atoms. The van der Waals surface area contributed by atoms with E-state index in [1.165, 1.54) is 28.7 Å². The Morgan fingerprint density at radius 2 is 1.59 bits per heavy atom. The number of amides is 3. The largest absolute Gasteiger partial charge is 0.452 e. The number of nitrogens with one attached hydrogen (secondary N) is 1. The first kappa shape index (κ1) is 25.6. The van der Waals surface area contributed by atoms with Crippen LogP contribution in [-0.4, -0.2) is 30.3 Å². The van der Waals surface area contributed by atoms with E-state index in [1.807, 2.05) is 18.2 Å². The highest BCUT2D eigenvalue weighted by atomic mass is 35.5. The summed E-state index contributed by atoms with van der Waals surface area (Å²) in [6.07, 6.45) is 1.83. The SMILES string of the molecule is O=C(COC(=O)c1ccc(N2C(=O)[C@@H]3[C@@H]4C[C@@H]([C@@H]3C2=O)[C@@H](c2ccccc2)C4)cc1)Nc1ccc(Cl)c(Cl)c1.